The van der Waals surface area contributed by atoms with Gasteiger partial charge in [-0.3, -0.25) is 0 Å². The standard InChI is InChI=1S/C9H9BrF2O/c1-5(13)2-6-3-8(11)9(12)4-7(6)10/h3-5,13H,2H2,1H3/t5-/m0/s1. The van der Waals surface area contributed by atoms with Crippen molar-refractivity contribution in [2.24, 2.45) is 0 Å². The van der Waals surface area contributed by atoms with E-state index in [1.165, 1.54) is 0 Å². The Kier molecular flexibility index (Phi) is 3.39. The number of aliphatic hydroxyl groups is 1. The van der Waals surface area contributed by atoms with Crippen molar-refractivity contribution >= 4 is 15.9 Å². The predicted molar refractivity (Wildman–Crippen MR) is 49.4 cm³/mol. The molecule has 1 rings (SSSR count). The van der Waals surface area contributed by atoms with E-state index in [0.717, 1.165) is 12.1 Å². The Morgan fingerprint density at radius 2 is 1.92 bits per heavy atom. The van der Waals surface area contributed by atoms with Gasteiger partial charge >= 0.3 is 0 Å². The second-order valence-electron chi connectivity index (χ2n) is 2.91. The topological polar surface area (TPSA) is 20.2 Å². The highest BCUT2D eigenvalue weighted by Crippen LogP contribution is 2.21. The van der Waals surface area contributed by atoms with Crippen LogP contribution in [-0.2, 0) is 6.42 Å². The van der Waals surface area contributed by atoms with Gasteiger partial charge in [0, 0.05) is 4.47 Å². The second kappa shape index (κ2) is 4.15. The maximum atomic E-state index is 12.7. The number of halogens is 3. The highest BCUT2D eigenvalue weighted by Gasteiger charge is 2.09. The molecule has 0 unspecified atom stereocenters. The van der Waals surface area contributed by atoms with E-state index >= 15 is 0 Å². The van der Waals surface area contributed by atoms with Crippen LogP contribution in [0.1, 0.15) is 12.5 Å². The Hall–Kier alpha value is -0.480. The van der Waals surface area contributed by atoms with Gasteiger partial charge in [0.05, 0.1) is 6.10 Å². The molecular formula is C9H9BrF2O. The third-order valence-corrected chi connectivity index (χ3v) is 2.34. The van der Waals surface area contributed by atoms with Crippen LogP contribution in [0, 0.1) is 11.6 Å². The summed E-state index contributed by atoms with van der Waals surface area (Å²) in [6.45, 7) is 1.59. The number of aliphatic hydroxyl groups excluding tert-OH is 1. The van der Waals surface area contributed by atoms with Crippen molar-refractivity contribution in [3.05, 3.63) is 33.8 Å². The Morgan fingerprint density at radius 1 is 1.38 bits per heavy atom. The van der Waals surface area contributed by atoms with Gasteiger partial charge in [-0.2, -0.15) is 0 Å². The maximum Gasteiger partial charge on any atom is 0.159 e. The minimum absolute atomic E-state index is 0.303. The Morgan fingerprint density at radius 3 is 2.46 bits per heavy atom. The number of rotatable bonds is 2. The average Bonchev–Trinajstić information content (AvgIpc) is 1.99. The van der Waals surface area contributed by atoms with Crippen LogP contribution in [0.3, 0.4) is 0 Å². The summed E-state index contributed by atoms with van der Waals surface area (Å²) in [6, 6.07) is 2.15. The lowest BCUT2D eigenvalue weighted by atomic mass is 10.1. The minimum atomic E-state index is -0.890. The smallest absolute Gasteiger partial charge is 0.159 e. The molecule has 0 aliphatic heterocycles. The molecule has 72 valence electrons. The first kappa shape index (κ1) is 10.6. The van der Waals surface area contributed by atoms with E-state index in [9.17, 15) is 8.78 Å². The van der Waals surface area contributed by atoms with Gasteiger partial charge in [0.15, 0.2) is 11.6 Å². The first-order valence-electron chi connectivity index (χ1n) is 3.82. The first-order chi connectivity index (χ1) is 6.00. The Balaban J connectivity index is 3.01. The van der Waals surface area contributed by atoms with Crippen LogP contribution < -0.4 is 0 Å². The highest BCUT2D eigenvalue weighted by molar-refractivity contribution is 9.10. The van der Waals surface area contributed by atoms with E-state index in [-0.39, 0.29) is 0 Å². The summed E-state index contributed by atoms with van der Waals surface area (Å²) >= 11 is 3.09. The monoisotopic (exact) mass is 250 g/mol. The molecule has 0 aliphatic rings. The molecule has 0 fully saturated rings. The van der Waals surface area contributed by atoms with Gasteiger partial charge in [-0.05, 0) is 31.0 Å². The fraction of sp³-hybridized carbons (Fsp3) is 0.333. The van der Waals surface area contributed by atoms with Crippen molar-refractivity contribution in [2.45, 2.75) is 19.4 Å². The molecule has 0 spiro atoms. The van der Waals surface area contributed by atoms with Gasteiger partial charge in [0.2, 0.25) is 0 Å². The van der Waals surface area contributed by atoms with Gasteiger partial charge in [0.25, 0.3) is 0 Å². The zero-order valence-corrected chi connectivity index (χ0v) is 8.61. The fourth-order valence-electron chi connectivity index (χ4n) is 1.04. The summed E-state index contributed by atoms with van der Waals surface area (Å²) in [7, 11) is 0. The summed E-state index contributed by atoms with van der Waals surface area (Å²) in [5.41, 5.74) is 0.564. The molecule has 0 bridgehead atoms. The zero-order valence-electron chi connectivity index (χ0n) is 7.02. The molecule has 13 heavy (non-hydrogen) atoms. The van der Waals surface area contributed by atoms with Crippen molar-refractivity contribution in [3.63, 3.8) is 0 Å². The predicted octanol–water partition coefficient (Wildman–Crippen LogP) is 2.65. The van der Waals surface area contributed by atoms with Gasteiger partial charge < -0.3 is 5.11 Å². The van der Waals surface area contributed by atoms with Crippen molar-refractivity contribution in [1.29, 1.82) is 0 Å². The summed E-state index contributed by atoms with van der Waals surface area (Å²) < 4.78 is 25.8. The van der Waals surface area contributed by atoms with Gasteiger partial charge in [-0.25, -0.2) is 8.78 Å². The molecule has 1 N–H and O–H groups in total. The van der Waals surface area contributed by atoms with Crippen LogP contribution >= 0.6 is 15.9 Å². The first-order valence-corrected chi connectivity index (χ1v) is 4.61. The molecule has 1 aromatic rings. The Labute approximate surface area is 83.5 Å². The van der Waals surface area contributed by atoms with E-state index in [0.29, 0.717) is 16.5 Å². The van der Waals surface area contributed by atoms with Crippen molar-refractivity contribution in [1.82, 2.24) is 0 Å². The molecule has 0 amide bonds. The fourth-order valence-corrected chi connectivity index (χ4v) is 1.52. The molecule has 0 saturated carbocycles. The van der Waals surface area contributed by atoms with E-state index < -0.39 is 17.7 Å². The van der Waals surface area contributed by atoms with Crippen molar-refractivity contribution in [2.75, 3.05) is 0 Å². The van der Waals surface area contributed by atoms with E-state index in [1.807, 2.05) is 0 Å². The quantitative estimate of drug-likeness (QED) is 0.801. The van der Waals surface area contributed by atoms with Crippen molar-refractivity contribution < 1.29 is 13.9 Å². The molecule has 4 heteroatoms. The van der Waals surface area contributed by atoms with Gasteiger partial charge in [-0.1, -0.05) is 15.9 Å². The summed E-state index contributed by atoms with van der Waals surface area (Å²) in [5, 5.41) is 9.05. The van der Waals surface area contributed by atoms with Crippen LogP contribution in [0.2, 0.25) is 0 Å². The average molecular weight is 251 g/mol. The molecule has 1 nitrogen and oxygen atoms in total. The molecule has 0 aromatic heterocycles. The SMILES string of the molecule is C[C@H](O)Cc1cc(F)c(F)cc1Br. The summed E-state index contributed by atoms with van der Waals surface area (Å²) in [5.74, 6) is -1.78. The van der Waals surface area contributed by atoms with Crippen LogP contribution in [0.15, 0.2) is 16.6 Å². The maximum absolute atomic E-state index is 12.7. The lowest BCUT2D eigenvalue weighted by molar-refractivity contribution is 0.195. The van der Waals surface area contributed by atoms with E-state index in [4.69, 9.17) is 5.11 Å². The van der Waals surface area contributed by atoms with Crippen LogP contribution in [0.25, 0.3) is 0 Å². The molecule has 0 aliphatic carbocycles. The summed E-state index contributed by atoms with van der Waals surface area (Å²) in [6.07, 6.45) is -0.265. The zero-order chi connectivity index (χ0) is 10.0. The number of benzene rings is 1. The molecule has 1 aromatic carbocycles. The van der Waals surface area contributed by atoms with Crippen LogP contribution in [-0.4, -0.2) is 11.2 Å². The van der Waals surface area contributed by atoms with E-state index in [1.54, 1.807) is 6.92 Å². The largest absolute Gasteiger partial charge is 0.393 e. The van der Waals surface area contributed by atoms with E-state index in [2.05, 4.69) is 15.9 Å². The molecule has 1 atom stereocenters. The van der Waals surface area contributed by atoms with Crippen molar-refractivity contribution in [3.8, 4) is 0 Å². The number of hydrogen-bond donors (Lipinski definition) is 1. The molecule has 0 heterocycles. The summed E-state index contributed by atoms with van der Waals surface area (Å²) in [4.78, 5) is 0. The lowest BCUT2D eigenvalue weighted by Crippen LogP contribution is -2.05. The highest BCUT2D eigenvalue weighted by atomic mass is 79.9. The third kappa shape index (κ3) is 2.74. The minimum Gasteiger partial charge on any atom is -0.393 e. The second-order valence-corrected chi connectivity index (χ2v) is 3.77. The molecular weight excluding hydrogens is 242 g/mol. The Bertz CT molecular complexity index is 313. The lowest BCUT2D eigenvalue weighted by Gasteiger charge is -2.07. The third-order valence-electron chi connectivity index (χ3n) is 1.60. The van der Waals surface area contributed by atoms with Gasteiger partial charge in [-0.15, -0.1) is 0 Å². The molecule has 0 radical (unpaired) electrons. The molecule has 0 saturated heterocycles. The van der Waals surface area contributed by atoms with Crippen LogP contribution in [0.5, 0.6) is 0 Å². The normalized spacial score (nSPS) is 13.0. The van der Waals surface area contributed by atoms with Crippen LogP contribution in [0.4, 0.5) is 8.78 Å². The van der Waals surface area contributed by atoms with Gasteiger partial charge in [0.1, 0.15) is 0 Å². The number of hydrogen-bond acceptors (Lipinski definition) is 1.